The minimum absolute atomic E-state index is 0.240. The zero-order chi connectivity index (χ0) is 12.8. The molecular weight excluding hydrogens is 220 g/mol. The molecule has 0 amide bonds. The van der Waals surface area contributed by atoms with Gasteiger partial charge in [0.1, 0.15) is 12.2 Å². The van der Waals surface area contributed by atoms with Crippen molar-refractivity contribution in [3.63, 3.8) is 0 Å². The summed E-state index contributed by atoms with van der Waals surface area (Å²) in [5.74, 6) is -2.02. The van der Waals surface area contributed by atoms with E-state index in [9.17, 15) is 14.4 Å². The number of Topliss-reactive ketones (excluding diaryl/α,β-unsaturated/α-hetero) is 1. The Morgan fingerprint density at radius 2 is 1.71 bits per heavy atom. The fraction of sp³-hybridized carbons (Fsp3) is 0.308. The Bertz CT molecular complexity index is 420. The number of benzene rings is 1. The standard InChI is InChI=1S/C13H14O4/c1-9(2)11(14)8-12(15)17-13(16)10-6-4-3-5-7-10/h3-7,9H,8H2,1-2H3. The molecule has 0 aliphatic carbocycles. The average molecular weight is 234 g/mol. The van der Waals surface area contributed by atoms with E-state index < -0.39 is 11.9 Å². The molecule has 0 aliphatic rings. The van der Waals surface area contributed by atoms with Gasteiger partial charge in [0.15, 0.2) is 0 Å². The third-order valence-corrected chi connectivity index (χ3v) is 2.18. The Kier molecular flexibility index (Phi) is 4.57. The molecule has 0 spiro atoms. The first kappa shape index (κ1) is 13.1. The van der Waals surface area contributed by atoms with E-state index in [1.165, 1.54) is 0 Å². The molecule has 0 saturated carbocycles. The van der Waals surface area contributed by atoms with Crippen LogP contribution in [0.4, 0.5) is 0 Å². The summed E-state index contributed by atoms with van der Waals surface area (Å²) in [5, 5.41) is 0. The van der Waals surface area contributed by atoms with Crippen molar-refractivity contribution in [2.45, 2.75) is 20.3 Å². The van der Waals surface area contributed by atoms with Gasteiger partial charge in [-0.05, 0) is 12.1 Å². The normalized spacial score (nSPS) is 10.1. The van der Waals surface area contributed by atoms with Crippen LogP contribution in [0.2, 0.25) is 0 Å². The van der Waals surface area contributed by atoms with Crippen molar-refractivity contribution in [3.8, 4) is 0 Å². The van der Waals surface area contributed by atoms with Gasteiger partial charge in [-0.15, -0.1) is 0 Å². The van der Waals surface area contributed by atoms with Gasteiger partial charge in [-0.3, -0.25) is 9.59 Å². The summed E-state index contributed by atoms with van der Waals surface area (Å²) in [4.78, 5) is 34.0. The van der Waals surface area contributed by atoms with Crippen LogP contribution in [0.5, 0.6) is 0 Å². The van der Waals surface area contributed by atoms with E-state index in [4.69, 9.17) is 0 Å². The zero-order valence-electron chi connectivity index (χ0n) is 9.80. The molecule has 1 rings (SSSR count). The molecule has 0 bridgehead atoms. The maximum absolute atomic E-state index is 11.5. The average Bonchev–Trinajstić information content (AvgIpc) is 2.29. The topological polar surface area (TPSA) is 60.4 Å². The van der Waals surface area contributed by atoms with Crippen molar-refractivity contribution in [2.24, 2.45) is 5.92 Å². The molecule has 0 aliphatic heterocycles. The number of carbonyl (C=O) groups is 3. The minimum Gasteiger partial charge on any atom is -0.389 e. The molecule has 0 radical (unpaired) electrons. The van der Waals surface area contributed by atoms with E-state index in [1.54, 1.807) is 44.2 Å². The lowest BCUT2D eigenvalue weighted by Gasteiger charge is -2.04. The number of rotatable bonds is 4. The van der Waals surface area contributed by atoms with Crippen molar-refractivity contribution in [1.82, 2.24) is 0 Å². The highest BCUT2D eigenvalue weighted by Crippen LogP contribution is 2.04. The summed E-state index contributed by atoms with van der Waals surface area (Å²) < 4.78 is 4.56. The predicted octanol–water partition coefficient (Wildman–Crippen LogP) is 1.99. The highest BCUT2D eigenvalue weighted by Gasteiger charge is 2.17. The highest BCUT2D eigenvalue weighted by atomic mass is 16.6. The second-order valence-electron chi connectivity index (χ2n) is 3.93. The van der Waals surface area contributed by atoms with Gasteiger partial charge in [0.2, 0.25) is 0 Å². The number of ketones is 1. The highest BCUT2D eigenvalue weighted by molar-refractivity contribution is 6.03. The molecule has 0 atom stereocenters. The summed E-state index contributed by atoms with van der Waals surface area (Å²) in [6, 6.07) is 8.17. The third-order valence-electron chi connectivity index (χ3n) is 2.18. The maximum atomic E-state index is 11.5. The number of esters is 2. The van der Waals surface area contributed by atoms with Crippen molar-refractivity contribution in [3.05, 3.63) is 35.9 Å². The molecule has 17 heavy (non-hydrogen) atoms. The lowest BCUT2D eigenvalue weighted by molar-refractivity contribution is -0.141. The lowest BCUT2D eigenvalue weighted by Crippen LogP contribution is -2.18. The van der Waals surface area contributed by atoms with Gasteiger partial charge in [0, 0.05) is 5.92 Å². The van der Waals surface area contributed by atoms with Crippen molar-refractivity contribution < 1.29 is 19.1 Å². The molecule has 0 N–H and O–H groups in total. The zero-order valence-corrected chi connectivity index (χ0v) is 9.80. The Labute approximate surface area is 99.6 Å². The largest absolute Gasteiger partial charge is 0.389 e. The second kappa shape index (κ2) is 5.94. The molecule has 0 heterocycles. The number of ether oxygens (including phenoxy) is 1. The van der Waals surface area contributed by atoms with E-state index in [0.717, 1.165) is 0 Å². The molecule has 1 aromatic rings. The van der Waals surface area contributed by atoms with Gasteiger partial charge < -0.3 is 4.74 Å². The van der Waals surface area contributed by atoms with Gasteiger partial charge >= 0.3 is 11.9 Å². The Morgan fingerprint density at radius 1 is 1.12 bits per heavy atom. The third kappa shape index (κ3) is 4.18. The number of carbonyl (C=O) groups excluding carboxylic acids is 3. The van der Waals surface area contributed by atoms with Crippen LogP contribution in [0.3, 0.4) is 0 Å². The summed E-state index contributed by atoms with van der Waals surface area (Å²) in [5.41, 5.74) is 0.290. The first-order valence-electron chi connectivity index (χ1n) is 5.33. The molecular formula is C13H14O4. The molecule has 0 fully saturated rings. The molecule has 4 nitrogen and oxygen atoms in total. The van der Waals surface area contributed by atoms with Gasteiger partial charge in [-0.2, -0.15) is 0 Å². The summed E-state index contributed by atoms with van der Waals surface area (Å²) >= 11 is 0. The maximum Gasteiger partial charge on any atom is 0.345 e. The van der Waals surface area contributed by atoms with Gasteiger partial charge in [0.05, 0.1) is 5.56 Å². The number of hydrogen-bond donors (Lipinski definition) is 0. The molecule has 0 aromatic heterocycles. The molecule has 4 heteroatoms. The van der Waals surface area contributed by atoms with E-state index in [1.807, 2.05) is 0 Å². The van der Waals surface area contributed by atoms with Crippen LogP contribution in [0, 0.1) is 5.92 Å². The lowest BCUT2D eigenvalue weighted by atomic mass is 10.1. The second-order valence-corrected chi connectivity index (χ2v) is 3.93. The predicted molar refractivity (Wildman–Crippen MR) is 61.3 cm³/mol. The Balaban J connectivity index is 2.53. The molecule has 0 saturated heterocycles. The Morgan fingerprint density at radius 3 is 2.24 bits per heavy atom. The van der Waals surface area contributed by atoms with Gasteiger partial charge in [0.25, 0.3) is 0 Å². The van der Waals surface area contributed by atoms with E-state index in [-0.39, 0.29) is 23.7 Å². The van der Waals surface area contributed by atoms with Crippen molar-refractivity contribution in [1.29, 1.82) is 0 Å². The van der Waals surface area contributed by atoms with Gasteiger partial charge in [-0.25, -0.2) is 4.79 Å². The first-order valence-corrected chi connectivity index (χ1v) is 5.33. The molecule has 1 aromatic carbocycles. The van der Waals surface area contributed by atoms with Crippen LogP contribution in [0.15, 0.2) is 30.3 Å². The van der Waals surface area contributed by atoms with E-state index >= 15 is 0 Å². The quantitative estimate of drug-likeness (QED) is 0.590. The van der Waals surface area contributed by atoms with Crippen LogP contribution < -0.4 is 0 Å². The van der Waals surface area contributed by atoms with E-state index in [0.29, 0.717) is 0 Å². The van der Waals surface area contributed by atoms with Crippen LogP contribution in [0.25, 0.3) is 0 Å². The van der Waals surface area contributed by atoms with Crippen molar-refractivity contribution >= 4 is 17.7 Å². The smallest absolute Gasteiger partial charge is 0.345 e. The Hall–Kier alpha value is -1.97. The summed E-state index contributed by atoms with van der Waals surface area (Å²) in [7, 11) is 0. The fourth-order valence-corrected chi connectivity index (χ4v) is 1.12. The van der Waals surface area contributed by atoms with Crippen LogP contribution in [0.1, 0.15) is 30.6 Å². The molecule has 0 unspecified atom stereocenters. The first-order chi connectivity index (χ1) is 8.00. The van der Waals surface area contributed by atoms with Crippen LogP contribution in [-0.2, 0) is 14.3 Å². The minimum atomic E-state index is -0.808. The van der Waals surface area contributed by atoms with E-state index in [2.05, 4.69) is 4.74 Å². The summed E-state index contributed by atoms with van der Waals surface area (Å²) in [6.45, 7) is 3.38. The van der Waals surface area contributed by atoms with Crippen LogP contribution in [-0.4, -0.2) is 17.7 Å². The SMILES string of the molecule is CC(C)C(=O)CC(=O)OC(=O)c1ccccc1. The molecule has 90 valence electrons. The fourth-order valence-electron chi connectivity index (χ4n) is 1.12. The summed E-state index contributed by atoms with van der Waals surface area (Å²) in [6.07, 6.45) is -0.365. The van der Waals surface area contributed by atoms with Gasteiger partial charge in [-0.1, -0.05) is 32.0 Å². The monoisotopic (exact) mass is 234 g/mol. The van der Waals surface area contributed by atoms with Crippen LogP contribution >= 0.6 is 0 Å². The number of hydrogen-bond acceptors (Lipinski definition) is 4. The van der Waals surface area contributed by atoms with Crippen molar-refractivity contribution in [2.75, 3.05) is 0 Å².